The van der Waals surface area contributed by atoms with Crippen LogP contribution in [0.4, 0.5) is 24.5 Å². The van der Waals surface area contributed by atoms with E-state index in [0.717, 1.165) is 0 Å². The molecule has 0 bridgehead atoms. The van der Waals surface area contributed by atoms with Crippen LogP contribution in [0, 0.1) is 5.82 Å². The Morgan fingerprint density at radius 1 is 1.24 bits per heavy atom. The number of fused-ring (bicyclic) bond motifs is 1. The normalized spacial score (nSPS) is 21.3. The molecule has 2 saturated heterocycles. The summed E-state index contributed by atoms with van der Waals surface area (Å²) in [4.78, 5) is 10.0. The molecule has 0 aromatic heterocycles. The molecule has 3 heterocycles. The lowest BCUT2D eigenvalue weighted by Crippen LogP contribution is -2.60. The maximum Gasteiger partial charge on any atom is 0.296 e. The molecule has 1 N–H and O–H groups in total. The van der Waals surface area contributed by atoms with E-state index in [9.17, 15) is 4.39 Å². The van der Waals surface area contributed by atoms with Crippen LogP contribution in [0.25, 0.3) is 0 Å². The SMILES string of the molecule is C=Nc1cc(OC)cc(OC2CCN(C3COC3)CC2(F)F)c1/C(=N\C)Nc1c(F)ccc2c1OCO2. The number of methoxy groups -OCH3 is 1. The van der Waals surface area contributed by atoms with Gasteiger partial charge < -0.3 is 29.0 Å². The average Bonchev–Trinajstić information content (AvgIpc) is 3.33. The third kappa shape index (κ3) is 4.78. The van der Waals surface area contributed by atoms with Crippen LogP contribution in [0.2, 0.25) is 0 Å². The lowest BCUT2D eigenvalue weighted by atomic mass is 10.0. The summed E-state index contributed by atoms with van der Waals surface area (Å²) in [5, 5.41) is 2.91. The monoisotopic (exact) mass is 520 g/mol. The van der Waals surface area contributed by atoms with Crippen molar-refractivity contribution < 1.29 is 36.9 Å². The Hall–Kier alpha value is -3.51. The molecule has 3 aliphatic heterocycles. The first-order chi connectivity index (χ1) is 17.8. The Labute approximate surface area is 211 Å². The summed E-state index contributed by atoms with van der Waals surface area (Å²) in [5.41, 5.74) is 0.452. The molecule has 2 aromatic carbocycles. The van der Waals surface area contributed by atoms with Gasteiger partial charge in [0, 0.05) is 32.1 Å². The topological polar surface area (TPSA) is 86.1 Å². The predicted octanol–water partition coefficient (Wildman–Crippen LogP) is 3.87. The number of anilines is 1. The Morgan fingerprint density at radius 3 is 2.70 bits per heavy atom. The molecule has 9 nitrogen and oxygen atoms in total. The Balaban J connectivity index is 1.49. The number of amidine groups is 1. The molecule has 198 valence electrons. The second-order valence-corrected chi connectivity index (χ2v) is 8.85. The van der Waals surface area contributed by atoms with Crippen molar-refractivity contribution in [1.29, 1.82) is 0 Å². The van der Waals surface area contributed by atoms with Gasteiger partial charge in [0.15, 0.2) is 23.4 Å². The molecule has 2 fully saturated rings. The van der Waals surface area contributed by atoms with E-state index in [1.807, 2.05) is 0 Å². The molecule has 12 heteroatoms. The molecule has 1 unspecified atom stereocenters. The fourth-order valence-electron chi connectivity index (χ4n) is 4.55. The number of likely N-dealkylation sites (tertiary alicyclic amines) is 1. The Kier molecular flexibility index (Phi) is 6.86. The maximum atomic E-state index is 15.3. The smallest absolute Gasteiger partial charge is 0.296 e. The summed E-state index contributed by atoms with van der Waals surface area (Å²) in [6, 6.07) is 5.71. The molecule has 3 aliphatic rings. The molecule has 0 saturated carbocycles. The lowest BCUT2D eigenvalue weighted by Gasteiger charge is -2.44. The van der Waals surface area contributed by atoms with Crippen molar-refractivity contribution in [1.82, 2.24) is 4.90 Å². The zero-order valence-corrected chi connectivity index (χ0v) is 20.4. The van der Waals surface area contributed by atoms with E-state index in [1.54, 1.807) is 11.0 Å². The van der Waals surface area contributed by atoms with E-state index >= 15 is 8.78 Å². The third-order valence-electron chi connectivity index (χ3n) is 6.62. The highest BCUT2D eigenvalue weighted by Gasteiger charge is 2.49. The van der Waals surface area contributed by atoms with Gasteiger partial charge in [0.2, 0.25) is 6.79 Å². The van der Waals surface area contributed by atoms with Gasteiger partial charge >= 0.3 is 0 Å². The van der Waals surface area contributed by atoms with Crippen molar-refractivity contribution in [3.8, 4) is 23.0 Å². The van der Waals surface area contributed by atoms with Crippen LogP contribution in [0.5, 0.6) is 23.0 Å². The molecule has 37 heavy (non-hydrogen) atoms. The molecule has 5 rings (SSSR count). The van der Waals surface area contributed by atoms with Crippen LogP contribution >= 0.6 is 0 Å². The van der Waals surface area contributed by atoms with Crippen molar-refractivity contribution in [2.45, 2.75) is 24.5 Å². The highest BCUT2D eigenvalue weighted by Crippen LogP contribution is 2.43. The van der Waals surface area contributed by atoms with E-state index in [2.05, 4.69) is 22.0 Å². The largest absolute Gasteiger partial charge is 0.497 e. The first-order valence-electron chi connectivity index (χ1n) is 11.7. The number of piperidine rings is 1. The molecule has 0 spiro atoms. The van der Waals surface area contributed by atoms with Gasteiger partial charge in [0.25, 0.3) is 5.92 Å². The summed E-state index contributed by atoms with van der Waals surface area (Å²) < 4.78 is 72.6. The molecule has 0 aliphatic carbocycles. The van der Waals surface area contributed by atoms with Gasteiger partial charge in [-0.15, -0.1) is 0 Å². The number of hydrogen-bond donors (Lipinski definition) is 1. The van der Waals surface area contributed by atoms with Crippen LogP contribution in [0.1, 0.15) is 12.0 Å². The van der Waals surface area contributed by atoms with Crippen LogP contribution in [-0.4, -0.2) is 82.8 Å². The maximum absolute atomic E-state index is 15.3. The first kappa shape index (κ1) is 25.2. The molecule has 0 radical (unpaired) electrons. The fraction of sp³-hybridized carbons (Fsp3) is 0.440. The average molecular weight is 521 g/mol. The predicted molar refractivity (Wildman–Crippen MR) is 131 cm³/mol. The molecular formula is C25H27F3N4O5. The quantitative estimate of drug-likeness (QED) is 0.438. The van der Waals surface area contributed by atoms with Crippen molar-refractivity contribution in [2.75, 3.05) is 52.6 Å². The number of ether oxygens (including phenoxy) is 5. The number of nitrogens with zero attached hydrogens (tertiary/aromatic N) is 3. The minimum absolute atomic E-state index is 0.00695. The summed E-state index contributed by atoms with van der Waals surface area (Å²) in [6.45, 7) is 4.43. The minimum atomic E-state index is -3.13. The Morgan fingerprint density at radius 2 is 2.05 bits per heavy atom. The number of halogens is 3. The Bertz CT molecular complexity index is 1220. The van der Waals surface area contributed by atoms with Gasteiger partial charge in [-0.3, -0.25) is 14.9 Å². The number of aliphatic imine (C=N–C) groups is 2. The molecule has 0 amide bonds. The summed E-state index contributed by atoms with van der Waals surface area (Å²) in [5.74, 6) is -2.74. The number of alkyl halides is 2. The zero-order valence-electron chi connectivity index (χ0n) is 20.4. The number of benzene rings is 2. The molecule has 1 atom stereocenters. The lowest BCUT2D eigenvalue weighted by molar-refractivity contribution is -0.170. The van der Waals surface area contributed by atoms with Crippen molar-refractivity contribution in [3.63, 3.8) is 0 Å². The van der Waals surface area contributed by atoms with E-state index in [4.69, 9.17) is 23.7 Å². The van der Waals surface area contributed by atoms with Gasteiger partial charge in [-0.1, -0.05) is 0 Å². The van der Waals surface area contributed by atoms with E-state index in [-0.39, 0.29) is 53.5 Å². The van der Waals surface area contributed by atoms with Crippen LogP contribution in [0.3, 0.4) is 0 Å². The van der Waals surface area contributed by atoms with Crippen LogP contribution in [-0.2, 0) is 4.74 Å². The van der Waals surface area contributed by atoms with Gasteiger partial charge in [0.05, 0.1) is 44.2 Å². The summed E-state index contributed by atoms with van der Waals surface area (Å²) in [7, 11) is 2.90. The summed E-state index contributed by atoms with van der Waals surface area (Å²) >= 11 is 0. The number of rotatable bonds is 7. The number of nitrogens with one attached hydrogen (secondary N) is 1. The van der Waals surface area contributed by atoms with Crippen molar-refractivity contribution in [2.24, 2.45) is 9.98 Å². The van der Waals surface area contributed by atoms with E-state index in [1.165, 1.54) is 32.4 Å². The molecular weight excluding hydrogens is 493 g/mol. The fourth-order valence-corrected chi connectivity index (χ4v) is 4.55. The second-order valence-electron chi connectivity index (χ2n) is 8.85. The van der Waals surface area contributed by atoms with Gasteiger partial charge in [-0.2, -0.15) is 0 Å². The van der Waals surface area contributed by atoms with E-state index in [0.29, 0.717) is 31.3 Å². The summed E-state index contributed by atoms with van der Waals surface area (Å²) in [6.07, 6.45) is -1.32. The highest BCUT2D eigenvalue weighted by molar-refractivity contribution is 6.14. The zero-order chi connectivity index (χ0) is 26.2. The van der Waals surface area contributed by atoms with Crippen molar-refractivity contribution >= 4 is 23.9 Å². The number of hydrogen-bond acceptors (Lipinski definition) is 8. The third-order valence-corrected chi connectivity index (χ3v) is 6.62. The van der Waals surface area contributed by atoms with E-state index < -0.39 is 24.4 Å². The van der Waals surface area contributed by atoms with Gasteiger partial charge in [0.1, 0.15) is 23.0 Å². The van der Waals surface area contributed by atoms with Gasteiger partial charge in [-0.05, 0) is 18.9 Å². The van der Waals surface area contributed by atoms with Gasteiger partial charge in [-0.25, -0.2) is 13.2 Å². The minimum Gasteiger partial charge on any atom is -0.497 e. The standard InChI is InChI=1S/C25H27F3N4O5/c1-29-17-8-15(33-3)9-19(37-20-6-7-32(12-25(20,27)28)14-10-34-11-14)21(17)24(30-2)31-22-16(26)4-5-18-23(22)36-13-35-18/h4-5,8-9,14,20H,1,6-7,10-13H2,2-3H3,(H,30,31). The first-order valence-corrected chi connectivity index (χ1v) is 11.7. The van der Waals surface area contributed by atoms with Crippen molar-refractivity contribution in [3.05, 3.63) is 35.6 Å². The molecule has 2 aromatic rings. The highest BCUT2D eigenvalue weighted by atomic mass is 19.3. The van der Waals surface area contributed by atoms with Crippen LogP contribution < -0.4 is 24.3 Å². The second kappa shape index (κ2) is 10.1. The van der Waals surface area contributed by atoms with Crippen LogP contribution in [0.15, 0.2) is 34.3 Å².